The van der Waals surface area contributed by atoms with Crippen LogP contribution in [-0.2, 0) is 22.4 Å². The molecule has 0 amide bonds. The Bertz CT molecular complexity index is 467. The number of carbonyl (C=O) groups is 1. The minimum atomic E-state index is -0.226. The van der Waals surface area contributed by atoms with Gasteiger partial charge in [0, 0.05) is 12.8 Å². The second-order valence-corrected chi connectivity index (χ2v) is 4.97. The van der Waals surface area contributed by atoms with Gasteiger partial charge in [0.05, 0.1) is 7.11 Å². The van der Waals surface area contributed by atoms with Gasteiger partial charge in [0.15, 0.2) is 0 Å². The molecule has 3 rings (SSSR count). The highest BCUT2D eigenvalue weighted by Crippen LogP contribution is 2.39. The highest BCUT2D eigenvalue weighted by molar-refractivity contribution is 5.72. The second kappa shape index (κ2) is 3.76. The van der Waals surface area contributed by atoms with Crippen molar-refractivity contribution in [2.24, 2.45) is 0 Å². The monoisotopic (exact) mass is 232 g/mol. The summed E-state index contributed by atoms with van der Waals surface area (Å²) in [7, 11) is 1.68. The molecule has 1 aliphatic heterocycles. The van der Waals surface area contributed by atoms with Crippen molar-refractivity contribution in [1.29, 1.82) is 0 Å². The van der Waals surface area contributed by atoms with Crippen molar-refractivity contribution in [3.8, 4) is 5.75 Å². The van der Waals surface area contributed by atoms with Gasteiger partial charge in [0.25, 0.3) is 0 Å². The first-order valence-corrected chi connectivity index (χ1v) is 6.08. The largest absolute Gasteiger partial charge is 0.497 e. The third-order valence-electron chi connectivity index (χ3n) is 3.89. The zero-order valence-electron chi connectivity index (χ0n) is 9.99. The van der Waals surface area contributed by atoms with E-state index >= 15 is 0 Å². The zero-order valence-corrected chi connectivity index (χ0v) is 9.99. The standard InChI is InChI=1S/C14H16O3/c1-16-12-3-2-10-4-6-14(9-11(10)8-12)7-5-13(15)17-14/h2-3,8H,4-7,9H2,1H3. The van der Waals surface area contributed by atoms with E-state index in [-0.39, 0.29) is 11.6 Å². The minimum Gasteiger partial charge on any atom is -0.497 e. The van der Waals surface area contributed by atoms with E-state index < -0.39 is 0 Å². The first-order valence-electron chi connectivity index (χ1n) is 6.08. The molecule has 1 heterocycles. The number of hydrogen-bond donors (Lipinski definition) is 0. The molecule has 0 radical (unpaired) electrons. The van der Waals surface area contributed by atoms with Crippen LogP contribution in [0.4, 0.5) is 0 Å². The van der Waals surface area contributed by atoms with Crippen LogP contribution in [0.2, 0.25) is 0 Å². The number of hydrogen-bond acceptors (Lipinski definition) is 3. The van der Waals surface area contributed by atoms with Crippen molar-refractivity contribution in [3.63, 3.8) is 0 Å². The van der Waals surface area contributed by atoms with Crippen LogP contribution in [0.1, 0.15) is 30.4 Å². The summed E-state index contributed by atoms with van der Waals surface area (Å²) in [5.41, 5.74) is 2.40. The van der Waals surface area contributed by atoms with Gasteiger partial charge in [-0.25, -0.2) is 0 Å². The predicted octanol–water partition coefficient (Wildman–Crippen LogP) is 2.26. The van der Waals surface area contributed by atoms with Crippen LogP contribution in [-0.4, -0.2) is 18.7 Å². The molecule has 90 valence electrons. The van der Waals surface area contributed by atoms with Gasteiger partial charge >= 0.3 is 5.97 Å². The number of esters is 1. The normalized spacial score (nSPS) is 26.8. The van der Waals surface area contributed by atoms with Gasteiger partial charge in [0.2, 0.25) is 0 Å². The van der Waals surface area contributed by atoms with Gasteiger partial charge in [-0.2, -0.15) is 0 Å². The summed E-state index contributed by atoms with van der Waals surface area (Å²) in [4.78, 5) is 11.3. The molecule has 1 saturated heterocycles. The summed E-state index contributed by atoms with van der Waals surface area (Å²) >= 11 is 0. The van der Waals surface area contributed by atoms with Crippen molar-refractivity contribution in [3.05, 3.63) is 29.3 Å². The van der Waals surface area contributed by atoms with E-state index in [0.29, 0.717) is 6.42 Å². The third kappa shape index (κ3) is 1.79. The van der Waals surface area contributed by atoms with E-state index in [1.807, 2.05) is 6.07 Å². The number of aryl methyl sites for hydroxylation is 1. The fraction of sp³-hybridized carbons (Fsp3) is 0.500. The van der Waals surface area contributed by atoms with Crippen LogP contribution < -0.4 is 4.74 Å². The molecule has 1 atom stereocenters. The smallest absolute Gasteiger partial charge is 0.306 e. The lowest BCUT2D eigenvalue weighted by molar-refractivity contribution is -0.149. The fourth-order valence-electron chi connectivity index (χ4n) is 2.91. The average molecular weight is 232 g/mol. The van der Waals surface area contributed by atoms with E-state index in [9.17, 15) is 4.79 Å². The maximum Gasteiger partial charge on any atom is 0.306 e. The number of rotatable bonds is 1. The molecule has 3 nitrogen and oxygen atoms in total. The molecule has 0 N–H and O–H groups in total. The lowest BCUT2D eigenvalue weighted by Crippen LogP contribution is -2.35. The van der Waals surface area contributed by atoms with Crippen LogP contribution in [0.15, 0.2) is 18.2 Å². The Morgan fingerprint density at radius 2 is 2.06 bits per heavy atom. The predicted molar refractivity (Wildman–Crippen MR) is 63.1 cm³/mol. The van der Waals surface area contributed by atoms with Gasteiger partial charge in [-0.3, -0.25) is 4.79 Å². The SMILES string of the molecule is COc1ccc2c(c1)CC1(CCC(=O)O1)CC2. The highest BCUT2D eigenvalue weighted by atomic mass is 16.6. The molecule has 0 bridgehead atoms. The molecule has 0 aromatic heterocycles. The van der Waals surface area contributed by atoms with Gasteiger partial charge in [-0.15, -0.1) is 0 Å². The van der Waals surface area contributed by atoms with Crippen molar-refractivity contribution in [1.82, 2.24) is 0 Å². The summed E-state index contributed by atoms with van der Waals surface area (Å²) in [6.45, 7) is 0. The van der Waals surface area contributed by atoms with Gasteiger partial charge in [-0.05, 0) is 42.5 Å². The van der Waals surface area contributed by atoms with Crippen molar-refractivity contribution < 1.29 is 14.3 Å². The van der Waals surface area contributed by atoms with Gasteiger partial charge in [-0.1, -0.05) is 6.07 Å². The minimum absolute atomic E-state index is 0.0450. The number of methoxy groups -OCH3 is 1. The molecule has 1 unspecified atom stereocenters. The lowest BCUT2D eigenvalue weighted by Gasteiger charge is -2.33. The van der Waals surface area contributed by atoms with Crippen LogP contribution in [0.3, 0.4) is 0 Å². The van der Waals surface area contributed by atoms with Crippen LogP contribution in [0.25, 0.3) is 0 Å². The molecule has 1 spiro atoms. The maximum absolute atomic E-state index is 11.3. The number of carbonyl (C=O) groups excluding carboxylic acids is 1. The molecule has 2 aliphatic rings. The molecule has 3 heteroatoms. The third-order valence-corrected chi connectivity index (χ3v) is 3.89. The Labute approximate surface area is 101 Å². The van der Waals surface area contributed by atoms with E-state index in [0.717, 1.165) is 31.4 Å². The molecule has 1 aliphatic carbocycles. The number of benzene rings is 1. The fourth-order valence-corrected chi connectivity index (χ4v) is 2.91. The summed E-state index contributed by atoms with van der Waals surface area (Å²) in [5, 5.41) is 0. The lowest BCUT2D eigenvalue weighted by atomic mass is 9.79. The molecular formula is C14H16O3. The second-order valence-electron chi connectivity index (χ2n) is 4.97. The molecule has 17 heavy (non-hydrogen) atoms. The number of fused-ring (bicyclic) bond motifs is 1. The first kappa shape index (κ1) is 10.6. The van der Waals surface area contributed by atoms with Crippen molar-refractivity contribution in [2.45, 2.75) is 37.7 Å². The molecule has 1 aromatic rings. The Morgan fingerprint density at radius 3 is 2.76 bits per heavy atom. The van der Waals surface area contributed by atoms with E-state index in [1.165, 1.54) is 11.1 Å². The van der Waals surface area contributed by atoms with E-state index in [2.05, 4.69) is 12.1 Å². The first-order chi connectivity index (χ1) is 8.21. The molecular weight excluding hydrogens is 216 g/mol. The highest BCUT2D eigenvalue weighted by Gasteiger charge is 2.42. The zero-order chi connectivity index (χ0) is 11.9. The van der Waals surface area contributed by atoms with E-state index in [1.54, 1.807) is 7.11 Å². The average Bonchev–Trinajstić information content (AvgIpc) is 2.69. The Hall–Kier alpha value is -1.51. The quantitative estimate of drug-likeness (QED) is 0.697. The summed E-state index contributed by atoms with van der Waals surface area (Å²) in [6.07, 6.45) is 4.22. The van der Waals surface area contributed by atoms with Gasteiger partial charge < -0.3 is 9.47 Å². The van der Waals surface area contributed by atoms with Crippen LogP contribution in [0.5, 0.6) is 5.75 Å². The Morgan fingerprint density at radius 1 is 1.24 bits per heavy atom. The molecule has 0 saturated carbocycles. The summed E-state index contributed by atoms with van der Waals surface area (Å²) in [6, 6.07) is 6.19. The topological polar surface area (TPSA) is 35.5 Å². The Kier molecular flexibility index (Phi) is 2.35. The van der Waals surface area contributed by atoms with Gasteiger partial charge in [0.1, 0.15) is 11.4 Å². The van der Waals surface area contributed by atoms with Crippen LogP contribution >= 0.6 is 0 Å². The van der Waals surface area contributed by atoms with Crippen molar-refractivity contribution >= 4 is 5.97 Å². The summed E-state index contributed by atoms with van der Waals surface area (Å²) < 4.78 is 10.8. The molecule has 1 fully saturated rings. The Balaban J connectivity index is 1.91. The molecule has 1 aromatic carbocycles. The maximum atomic E-state index is 11.3. The van der Waals surface area contributed by atoms with E-state index in [4.69, 9.17) is 9.47 Å². The number of ether oxygens (including phenoxy) is 2. The summed E-state index contributed by atoms with van der Waals surface area (Å²) in [5.74, 6) is 0.835. The van der Waals surface area contributed by atoms with Crippen molar-refractivity contribution in [2.75, 3.05) is 7.11 Å². The van der Waals surface area contributed by atoms with Crippen LogP contribution in [0, 0.1) is 0 Å².